The van der Waals surface area contributed by atoms with Gasteiger partial charge in [0.1, 0.15) is 43.2 Å². The summed E-state index contributed by atoms with van der Waals surface area (Å²) in [5, 5.41) is 41.2. The number of hydrogen-bond acceptors (Lipinski definition) is 15. The van der Waals surface area contributed by atoms with Gasteiger partial charge in [0.2, 0.25) is 0 Å². The highest BCUT2D eigenvalue weighted by atomic mass is 31.2. The molecule has 1 fully saturated rings. The van der Waals surface area contributed by atoms with Crippen molar-refractivity contribution in [3.05, 3.63) is 12.2 Å². The molecule has 20 heteroatoms. The maximum Gasteiger partial charge on any atom is 0.306 e. The van der Waals surface area contributed by atoms with Gasteiger partial charge in [-0.05, 0) is 38.5 Å². The van der Waals surface area contributed by atoms with Crippen molar-refractivity contribution in [2.45, 2.75) is 236 Å². The van der Waals surface area contributed by atoms with Crippen LogP contribution in [0.1, 0.15) is 194 Å². The molecule has 0 spiro atoms. The highest BCUT2D eigenvalue weighted by Crippen LogP contribution is 2.45. The third-order valence-corrected chi connectivity index (χ3v) is 12.3. The molecule has 13 N–H and O–H groups in total. The summed E-state index contributed by atoms with van der Waals surface area (Å²) in [4.78, 5) is 58.2. The van der Waals surface area contributed by atoms with Crippen molar-refractivity contribution < 1.29 is 76.9 Å². The first-order valence-electron chi connectivity index (χ1n) is 23.2. The fourth-order valence-corrected chi connectivity index (χ4v) is 8.70. The lowest BCUT2D eigenvalue weighted by Crippen LogP contribution is -2.64. The average molecular weight is 951 g/mol. The Morgan fingerprint density at radius 1 is 0.540 bits per heavy atom. The second-order valence-corrected chi connectivity index (χ2v) is 18.9. The molecule has 0 amide bonds. The average Bonchev–Trinajstić information content (AvgIpc) is 3.21. The molecule has 0 bridgehead atoms. The zero-order valence-electron chi connectivity index (χ0n) is 39.0. The van der Waals surface area contributed by atoms with Crippen molar-refractivity contribution >= 4 is 27.6 Å². The van der Waals surface area contributed by atoms with Gasteiger partial charge in [0, 0.05) is 12.8 Å². The molecule has 63 heavy (non-hydrogen) atoms. The topological polar surface area (TPSA) is 335 Å². The van der Waals surface area contributed by atoms with Gasteiger partial charge >= 0.3 is 11.9 Å². The van der Waals surface area contributed by atoms with Gasteiger partial charge in [-0.1, -0.05) is 154 Å². The van der Waals surface area contributed by atoms with Crippen molar-refractivity contribution in [1.29, 1.82) is 0 Å². The molecule has 1 aliphatic carbocycles. The number of carbonyl (C=O) groups is 2. The van der Waals surface area contributed by atoms with Gasteiger partial charge in [-0.2, -0.15) is 0 Å². The SMILES string of the molecule is CCCCCCCC/C=C\CCCCCCCC(=O)O[C@H](COC(=O)CCCCCCCCCCCCCCC)COP(=O)([O-])OC1[C@H](O)[C@H](O)C(OP(=O)([O-])O)[C@H](O)[C@H]1O.[NH4+].[NH4+]. The molecule has 0 saturated heterocycles. The first-order chi connectivity index (χ1) is 29.1. The minimum absolute atomic E-state index is 0. The van der Waals surface area contributed by atoms with Crippen molar-refractivity contribution in [2.24, 2.45) is 0 Å². The lowest BCUT2D eigenvalue weighted by molar-refractivity contribution is -0.271. The number of carbonyl (C=O) groups excluding carboxylic acids is 2. The maximum atomic E-state index is 12.8. The van der Waals surface area contributed by atoms with Gasteiger partial charge in [0.05, 0.1) is 6.61 Å². The van der Waals surface area contributed by atoms with E-state index in [1.807, 2.05) is 0 Å². The maximum absolute atomic E-state index is 12.8. The van der Waals surface area contributed by atoms with Crippen LogP contribution in [-0.4, -0.2) is 93.2 Å². The van der Waals surface area contributed by atoms with E-state index in [1.165, 1.54) is 89.9 Å². The zero-order valence-corrected chi connectivity index (χ0v) is 40.8. The first kappa shape index (κ1) is 63.7. The van der Waals surface area contributed by atoms with Crippen LogP contribution in [0.2, 0.25) is 0 Å². The molecule has 0 aromatic carbocycles. The number of unbranched alkanes of at least 4 members (excludes halogenated alkanes) is 23. The number of ether oxygens (including phenoxy) is 2. The number of rotatable bonds is 39. The van der Waals surface area contributed by atoms with E-state index in [4.69, 9.17) is 23.4 Å². The summed E-state index contributed by atoms with van der Waals surface area (Å²) >= 11 is 0. The van der Waals surface area contributed by atoms with E-state index in [0.29, 0.717) is 12.8 Å². The molecule has 376 valence electrons. The van der Waals surface area contributed by atoms with Crippen LogP contribution < -0.4 is 22.1 Å². The van der Waals surface area contributed by atoms with E-state index >= 15 is 0 Å². The Kier molecular flexibility index (Phi) is 39.2. The molecule has 1 saturated carbocycles. The Morgan fingerprint density at radius 2 is 0.889 bits per heavy atom. The Bertz CT molecular complexity index is 1250. The number of phosphoric acid groups is 2. The highest BCUT2D eigenvalue weighted by molar-refractivity contribution is 7.45. The molecule has 4 unspecified atom stereocenters. The monoisotopic (exact) mass is 951 g/mol. The van der Waals surface area contributed by atoms with E-state index in [1.54, 1.807) is 0 Å². The molecule has 0 aromatic heterocycles. The van der Waals surface area contributed by atoms with Gasteiger partial charge in [-0.25, -0.2) is 0 Å². The summed E-state index contributed by atoms with van der Waals surface area (Å²) in [6.07, 6.45) is 18.3. The number of allylic oxidation sites excluding steroid dienone is 2. The van der Waals surface area contributed by atoms with E-state index in [9.17, 15) is 48.9 Å². The van der Waals surface area contributed by atoms with E-state index in [0.717, 1.165) is 64.2 Å². The normalized spacial score (nSPS) is 22.4. The van der Waals surface area contributed by atoms with Crippen LogP contribution in [0, 0.1) is 0 Å². The summed E-state index contributed by atoms with van der Waals surface area (Å²) in [6, 6.07) is 0. The molecular weight excluding hydrogens is 862 g/mol. The van der Waals surface area contributed by atoms with E-state index in [2.05, 4.69) is 30.5 Å². The van der Waals surface area contributed by atoms with Crippen LogP contribution >= 0.6 is 15.6 Å². The highest BCUT2D eigenvalue weighted by Gasteiger charge is 2.52. The van der Waals surface area contributed by atoms with E-state index < -0.39 is 83.5 Å². The predicted octanol–water partition coefficient (Wildman–Crippen LogP) is 7.89. The molecule has 0 heterocycles. The Balaban J connectivity index is 0. The molecular formula is C43H88N2O16P2. The Labute approximate surface area is 377 Å². The number of aliphatic hydroxyl groups excluding tert-OH is 4. The van der Waals surface area contributed by atoms with Crippen molar-refractivity contribution in [1.82, 2.24) is 12.3 Å². The summed E-state index contributed by atoms with van der Waals surface area (Å²) in [6.45, 7) is 3.01. The lowest BCUT2D eigenvalue weighted by Gasteiger charge is -2.45. The molecule has 0 radical (unpaired) electrons. The van der Waals surface area contributed by atoms with Crippen LogP contribution in [0.3, 0.4) is 0 Å². The predicted molar refractivity (Wildman–Crippen MR) is 240 cm³/mol. The minimum atomic E-state index is -5.57. The summed E-state index contributed by atoms with van der Waals surface area (Å²) in [5.41, 5.74) is 0. The van der Waals surface area contributed by atoms with Crippen molar-refractivity contribution in [3.8, 4) is 0 Å². The quantitative estimate of drug-likeness (QED) is 0.0133. The third-order valence-electron chi connectivity index (χ3n) is 10.8. The standard InChI is InChI=1S/C43H82O16P2.2H3N/c1-3-5-7-9-11-13-15-17-18-20-22-24-26-28-30-32-37(45)57-35(33-55-36(44)31-29-27-25-23-21-19-16-14-12-10-8-6-4-2)34-56-61(53,54)59-43-40(48)38(46)42(39(47)41(43)49)58-60(50,51)52;;/h17-18,35,38-43,46-49H,3-16,19-34H2,1-2H3,(H,53,54)(H2,50,51,52);2*1H3/b18-17-;;/t35-,38-,39+,40-,41-,42?,43?;;/m1../s1. The number of aliphatic hydroxyl groups is 4. The fraction of sp³-hybridized carbons (Fsp3) is 0.907. The summed E-state index contributed by atoms with van der Waals surface area (Å²) in [7, 11) is -11.1. The summed E-state index contributed by atoms with van der Waals surface area (Å²) in [5.74, 6) is -1.24. The van der Waals surface area contributed by atoms with Crippen LogP contribution in [0.5, 0.6) is 0 Å². The smallest absolute Gasteiger partial charge is 0.306 e. The Morgan fingerprint density at radius 3 is 1.29 bits per heavy atom. The van der Waals surface area contributed by atoms with E-state index in [-0.39, 0.29) is 25.1 Å². The van der Waals surface area contributed by atoms with Crippen LogP contribution in [0.15, 0.2) is 12.2 Å². The van der Waals surface area contributed by atoms with Crippen LogP contribution in [-0.2, 0) is 41.8 Å². The Hall–Kier alpha value is -1.34. The molecule has 1 rings (SSSR count). The summed E-state index contributed by atoms with van der Waals surface area (Å²) < 4.78 is 48.4. The first-order valence-corrected chi connectivity index (χ1v) is 26.2. The van der Waals surface area contributed by atoms with Crippen LogP contribution in [0.25, 0.3) is 0 Å². The largest absolute Gasteiger partial charge is 0.756 e. The third kappa shape index (κ3) is 32.9. The number of quaternary nitrogens is 2. The number of phosphoric ester groups is 2. The van der Waals surface area contributed by atoms with Crippen LogP contribution in [0.4, 0.5) is 0 Å². The molecule has 9 atom stereocenters. The van der Waals surface area contributed by atoms with Crippen molar-refractivity contribution in [2.75, 3.05) is 13.2 Å². The van der Waals surface area contributed by atoms with Gasteiger partial charge < -0.3 is 70.5 Å². The lowest BCUT2D eigenvalue weighted by atomic mass is 9.85. The second-order valence-electron chi connectivity index (χ2n) is 16.4. The zero-order chi connectivity index (χ0) is 45.4. The molecule has 0 aromatic rings. The fourth-order valence-electron chi connectivity index (χ4n) is 7.18. The number of esters is 2. The molecule has 0 aliphatic heterocycles. The molecule has 18 nitrogen and oxygen atoms in total. The van der Waals surface area contributed by atoms with Crippen molar-refractivity contribution in [3.63, 3.8) is 0 Å². The van der Waals surface area contributed by atoms with Gasteiger partial charge in [0.25, 0.3) is 15.6 Å². The van der Waals surface area contributed by atoms with Gasteiger partial charge in [-0.3, -0.25) is 18.7 Å². The van der Waals surface area contributed by atoms with Gasteiger partial charge in [0.15, 0.2) is 6.10 Å². The van der Waals surface area contributed by atoms with Gasteiger partial charge in [-0.15, -0.1) is 0 Å². The second kappa shape index (κ2) is 38.7. The minimum Gasteiger partial charge on any atom is -0.756 e. The number of hydrogen-bond donors (Lipinski definition) is 7. The molecule has 1 aliphatic rings.